The lowest BCUT2D eigenvalue weighted by atomic mass is 10.2. The SMILES string of the molecule is CCOC(=O)CCC(=O)N(CCCOC)Cc1nc(C(=O)OC)cs1. The normalized spacial score (nSPS) is 10.4. The highest BCUT2D eigenvalue weighted by molar-refractivity contribution is 7.09. The molecule has 1 heterocycles. The standard InChI is InChI=1S/C16H24N2O6S/c1-4-24-15(20)7-6-14(19)18(8-5-9-22-2)10-13-17-12(11-25-13)16(21)23-3/h11H,4-10H2,1-3H3. The van der Waals surface area contributed by atoms with Gasteiger partial charge in [-0.25, -0.2) is 9.78 Å². The van der Waals surface area contributed by atoms with Crippen molar-refractivity contribution in [2.45, 2.75) is 32.7 Å². The Bertz CT molecular complexity index is 575. The van der Waals surface area contributed by atoms with Crippen LogP contribution in [0.25, 0.3) is 0 Å². The predicted molar refractivity (Wildman–Crippen MR) is 91.2 cm³/mol. The third-order valence-corrected chi connectivity index (χ3v) is 4.08. The van der Waals surface area contributed by atoms with E-state index in [1.807, 2.05) is 0 Å². The average Bonchev–Trinajstić information content (AvgIpc) is 3.07. The topological polar surface area (TPSA) is 95.0 Å². The minimum absolute atomic E-state index is 0.0404. The number of nitrogens with zero attached hydrogens (tertiary/aromatic N) is 2. The van der Waals surface area contributed by atoms with Crippen molar-refractivity contribution in [1.82, 2.24) is 9.88 Å². The Morgan fingerprint density at radius 1 is 1.24 bits per heavy atom. The fourth-order valence-electron chi connectivity index (χ4n) is 2.04. The van der Waals surface area contributed by atoms with E-state index in [2.05, 4.69) is 9.72 Å². The number of rotatable bonds is 11. The fraction of sp³-hybridized carbons (Fsp3) is 0.625. The Morgan fingerprint density at radius 2 is 2.00 bits per heavy atom. The van der Waals surface area contributed by atoms with Crippen LogP contribution in [0.2, 0.25) is 0 Å². The van der Waals surface area contributed by atoms with Crippen LogP contribution in [-0.2, 0) is 30.3 Å². The summed E-state index contributed by atoms with van der Waals surface area (Å²) in [4.78, 5) is 41.1. The Hall–Kier alpha value is -2.00. The monoisotopic (exact) mass is 372 g/mol. The Kier molecular flexibility index (Phi) is 9.71. The number of carbonyl (C=O) groups is 3. The lowest BCUT2D eigenvalue weighted by Gasteiger charge is -2.21. The molecular weight excluding hydrogens is 348 g/mol. The Labute approximate surface area is 151 Å². The van der Waals surface area contributed by atoms with E-state index in [1.165, 1.54) is 18.4 Å². The molecule has 1 aromatic heterocycles. The van der Waals surface area contributed by atoms with E-state index in [0.29, 0.717) is 31.2 Å². The van der Waals surface area contributed by atoms with Gasteiger partial charge in [-0.2, -0.15) is 0 Å². The highest BCUT2D eigenvalue weighted by Crippen LogP contribution is 2.15. The number of hydrogen-bond donors (Lipinski definition) is 0. The number of aromatic nitrogens is 1. The molecule has 0 unspecified atom stereocenters. The van der Waals surface area contributed by atoms with Crippen LogP contribution < -0.4 is 0 Å². The Morgan fingerprint density at radius 3 is 2.64 bits per heavy atom. The van der Waals surface area contributed by atoms with E-state index in [4.69, 9.17) is 9.47 Å². The zero-order valence-electron chi connectivity index (χ0n) is 14.8. The van der Waals surface area contributed by atoms with Crippen LogP contribution in [0, 0.1) is 0 Å². The second-order valence-electron chi connectivity index (χ2n) is 5.08. The summed E-state index contributed by atoms with van der Waals surface area (Å²) < 4.78 is 14.5. The van der Waals surface area contributed by atoms with E-state index >= 15 is 0 Å². The van der Waals surface area contributed by atoms with Crippen LogP contribution in [0.4, 0.5) is 0 Å². The highest BCUT2D eigenvalue weighted by Gasteiger charge is 2.18. The molecule has 25 heavy (non-hydrogen) atoms. The van der Waals surface area contributed by atoms with E-state index in [0.717, 1.165) is 0 Å². The second-order valence-corrected chi connectivity index (χ2v) is 6.03. The Balaban J connectivity index is 2.68. The third-order valence-electron chi connectivity index (χ3n) is 3.25. The molecule has 0 saturated carbocycles. The van der Waals surface area contributed by atoms with Gasteiger partial charge >= 0.3 is 11.9 Å². The predicted octanol–water partition coefficient (Wildman–Crippen LogP) is 1.64. The number of ether oxygens (including phenoxy) is 3. The van der Waals surface area contributed by atoms with Crippen LogP contribution in [0.1, 0.15) is 41.7 Å². The molecule has 1 rings (SSSR count). The number of carbonyl (C=O) groups excluding carboxylic acids is 3. The van der Waals surface area contributed by atoms with Crippen LogP contribution in [0.3, 0.4) is 0 Å². The van der Waals surface area contributed by atoms with Gasteiger partial charge in [0.05, 0.1) is 26.7 Å². The van der Waals surface area contributed by atoms with Gasteiger partial charge in [0.1, 0.15) is 5.01 Å². The summed E-state index contributed by atoms with van der Waals surface area (Å²) in [7, 11) is 2.88. The summed E-state index contributed by atoms with van der Waals surface area (Å²) in [6.45, 7) is 3.28. The molecule has 0 aliphatic rings. The van der Waals surface area contributed by atoms with Gasteiger partial charge < -0.3 is 19.1 Å². The van der Waals surface area contributed by atoms with E-state index in [-0.39, 0.29) is 31.0 Å². The van der Waals surface area contributed by atoms with Crippen molar-refractivity contribution in [3.05, 3.63) is 16.1 Å². The van der Waals surface area contributed by atoms with Gasteiger partial charge in [-0.1, -0.05) is 0 Å². The first-order valence-electron chi connectivity index (χ1n) is 7.96. The van der Waals surface area contributed by atoms with Gasteiger partial charge in [0.15, 0.2) is 5.69 Å². The van der Waals surface area contributed by atoms with Gasteiger partial charge in [0.2, 0.25) is 5.91 Å². The maximum absolute atomic E-state index is 12.4. The van der Waals surface area contributed by atoms with E-state index in [9.17, 15) is 14.4 Å². The third kappa shape index (κ3) is 7.61. The maximum atomic E-state index is 12.4. The summed E-state index contributed by atoms with van der Waals surface area (Å²) >= 11 is 1.28. The maximum Gasteiger partial charge on any atom is 0.357 e. The first-order chi connectivity index (χ1) is 12.0. The van der Waals surface area contributed by atoms with Crippen molar-refractivity contribution in [3.8, 4) is 0 Å². The molecule has 8 nitrogen and oxygen atoms in total. The zero-order valence-corrected chi connectivity index (χ0v) is 15.6. The molecule has 0 saturated heterocycles. The van der Waals surface area contributed by atoms with E-state index < -0.39 is 11.9 Å². The molecule has 0 radical (unpaired) electrons. The molecule has 0 N–H and O–H groups in total. The van der Waals surface area contributed by atoms with Gasteiger partial charge in [-0.05, 0) is 13.3 Å². The molecule has 1 amide bonds. The number of esters is 2. The van der Waals surface area contributed by atoms with E-state index in [1.54, 1.807) is 24.3 Å². The van der Waals surface area contributed by atoms with Crippen LogP contribution in [0.15, 0.2) is 5.38 Å². The quantitative estimate of drug-likeness (QED) is 0.430. The van der Waals surface area contributed by atoms with Crippen molar-refractivity contribution < 1.29 is 28.6 Å². The average molecular weight is 372 g/mol. The van der Waals surface area contributed by atoms with Crippen molar-refractivity contribution in [2.24, 2.45) is 0 Å². The highest BCUT2D eigenvalue weighted by atomic mass is 32.1. The fourth-order valence-corrected chi connectivity index (χ4v) is 2.82. The first kappa shape index (κ1) is 21.0. The summed E-state index contributed by atoms with van der Waals surface area (Å²) in [5, 5.41) is 2.22. The summed E-state index contributed by atoms with van der Waals surface area (Å²) in [5.41, 5.74) is 0.221. The summed E-state index contributed by atoms with van der Waals surface area (Å²) in [6.07, 6.45) is 0.774. The minimum atomic E-state index is -0.512. The van der Waals surface area contributed by atoms with Crippen molar-refractivity contribution in [3.63, 3.8) is 0 Å². The second kappa shape index (κ2) is 11.5. The molecule has 140 valence electrons. The molecule has 0 atom stereocenters. The number of methoxy groups -OCH3 is 2. The molecule has 0 aliphatic heterocycles. The minimum Gasteiger partial charge on any atom is -0.466 e. The molecule has 0 aromatic carbocycles. The van der Waals surface area contributed by atoms with Gasteiger partial charge in [0.25, 0.3) is 0 Å². The van der Waals surface area contributed by atoms with Crippen LogP contribution in [-0.4, -0.2) is 61.7 Å². The molecule has 0 spiro atoms. The smallest absolute Gasteiger partial charge is 0.357 e. The summed E-state index contributed by atoms with van der Waals surface area (Å²) in [6, 6.07) is 0. The molecule has 0 fully saturated rings. The lowest BCUT2D eigenvalue weighted by molar-refractivity contribution is -0.145. The molecule has 1 aromatic rings. The van der Waals surface area contributed by atoms with Gasteiger partial charge in [-0.3, -0.25) is 9.59 Å². The number of amides is 1. The molecule has 0 aliphatic carbocycles. The van der Waals surface area contributed by atoms with Gasteiger partial charge in [0, 0.05) is 32.1 Å². The van der Waals surface area contributed by atoms with Gasteiger partial charge in [-0.15, -0.1) is 11.3 Å². The van der Waals surface area contributed by atoms with Crippen LogP contribution in [0.5, 0.6) is 0 Å². The van der Waals surface area contributed by atoms with Crippen molar-refractivity contribution in [1.29, 1.82) is 0 Å². The number of thiazole rings is 1. The molecule has 0 bridgehead atoms. The van der Waals surface area contributed by atoms with Crippen LogP contribution >= 0.6 is 11.3 Å². The van der Waals surface area contributed by atoms with Crippen molar-refractivity contribution >= 4 is 29.2 Å². The summed E-state index contributed by atoms with van der Waals surface area (Å²) in [5.74, 6) is -1.07. The lowest BCUT2D eigenvalue weighted by Crippen LogP contribution is -2.32. The molecule has 9 heteroatoms. The number of hydrogen-bond acceptors (Lipinski definition) is 8. The molecular formula is C16H24N2O6S. The first-order valence-corrected chi connectivity index (χ1v) is 8.84. The zero-order chi connectivity index (χ0) is 18.7. The largest absolute Gasteiger partial charge is 0.466 e. The van der Waals surface area contributed by atoms with Crippen molar-refractivity contribution in [2.75, 3.05) is 34.0 Å².